The molecule has 65 heavy (non-hydrogen) atoms. The Balaban J connectivity index is 1.32. The van der Waals surface area contributed by atoms with Gasteiger partial charge < -0.3 is 5.32 Å². The third-order valence-corrected chi connectivity index (χ3v) is 20.9. The van der Waals surface area contributed by atoms with Gasteiger partial charge in [-0.15, -0.1) is 79.4 Å². The van der Waals surface area contributed by atoms with Gasteiger partial charge in [0.05, 0.1) is 19.5 Å². The smallest absolute Gasteiger partial charge is 0.261 e. The topological polar surface area (TPSA) is 29.1 Å². The first-order valence-electron chi connectivity index (χ1n) is 24.6. The lowest BCUT2D eigenvalue weighted by molar-refractivity contribution is 0.0960. The zero-order valence-corrected chi connectivity index (χ0v) is 45.7. The van der Waals surface area contributed by atoms with Crippen molar-refractivity contribution in [1.82, 2.24) is 5.32 Å². The molecule has 1 N–H and O–H groups in total. The van der Waals surface area contributed by atoms with Crippen molar-refractivity contribution < 1.29 is 4.79 Å². The van der Waals surface area contributed by atoms with Crippen molar-refractivity contribution in [3.63, 3.8) is 0 Å². The van der Waals surface area contributed by atoms with Gasteiger partial charge in [-0.2, -0.15) is 12.6 Å². The molecule has 1 amide bonds. The number of rotatable bonds is 29. The van der Waals surface area contributed by atoms with Crippen molar-refractivity contribution >= 4 is 97.9 Å². The number of carbonyl (C=O) groups excluding carboxylic acids is 1. The quantitative estimate of drug-likeness (QED) is 0.0355. The van der Waals surface area contributed by atoms with E-state index < -0.39 is 0 Å². The van der Waals surface area contributed by atoms with Crippen LogP contribution in [0.5, 0.6) is 0 Å². The molecule has 7 aromatic rings. The largest absolute Gasteiger partial charge is 0.351 e. The van der Waals surface area contributed by atoms with Crippen LogP contribution in [0.25, 0.3) is 60.6 Å². The highest BCUT2D eigenvalue weighted by molar-refractivity contribution is 7.80. The lowest BCUT2D eigenvalue weighted by Crippen LogP contribution is -2.24. The van der Waals surface area contributed by atoms with E-state index in [4.69, 9.17) is 0 Å². The Morgan fingerprint density at radius 2 is 0.785 bits per heavy atom. The second kappa shape index (κ2) is 26.5. The number of aryl methyl sites for hydroxylation is 4. The van der Waals surface area contributed by atoms with Crippen molar-refractivity contribution in [2.45, 2.75) is 156 Å². The van der Waals surface area contributed by atoms with Gasteiger partial charge in [-0.25, -0.2) is 0 Å². The predicted octanol–water partition coefficient (Wildman–Crippen LogP) is 20.3. The lowest BCUT2D eigenvalue weighted by atomic mass is 10.1. The minimum Gasteiger partial charge on any atom is -0.351 e. The maximum Gasteiger partial charge on any atom is 0.261 e. The summed E-state index contributed by atoms with van der Waals surface area (Å²) in [5.74, 6) is 0.594. The molecule has 10 heteroatoms. The molecule has 0 aliphatic rings. The summed E-state index contributed by atoms with van der Waals surface area (Å²) < 4.78 is 0. The molecular weight excluding hydrogens is 947 g/mol. The van der Waals surface area contributed by atoms with Crippen LogP contribution >= 0.6 is 92.0 Å². The van der Waals surface area contributed by atoms with Crippen LogP contribution in [-0.4, -0.2) is 18.2 Å². The normalized spacial score (nSPS) is 11.6. The van der Waals surface area contributed by atoms with Gasteiger partial charge in [0.1, 0.15) is 0 Å². The molecule has 0 radical (unpaired) electrons. The molecule has 7 rings (SSSR count). The van der Waals surface area contributed by atoms with E-state index in [1.807, 2.05) is 68.0 Å². The Morgan fingerprint density at radius 3 is 1.22 bits per heavy atom. The molecule has 0 spiro atoms. The van der Waals surface area contributed by atoms with E-state index in [-0.39, 0.29) is 5.91 Å². The molecule has 0 aliphatic carbocycles. The van der Waals surface area contributed by atoms with Crippen molar-refractivity contribution in [2.75, 3.05) is 12.3 Å². The minimum absolute atomic E-state index is 0.0144. The highest BCUT2D eigenvalue weighted by Crippen LogP contribution is 2.54. The van der Waals surface area contributed by atoms with Gasteiger partial charge in [-0.05, 0) is 118 Å². The average molecular weight is 1020 g/mol. The van der Waals surface area contributed by atoms with E-state index in [1.54, 1.807) is 11.3 Å². The maximum atomic E-state index is 13.9. The third kappa shape index (κ3) is 13.9. The van der Waals surface area contributed by atoms with E-state index in [0.29, 0.717) is 12.3 Å². The molecule has 7 aromatic heterocycles. The second-order valence-corrected chi connectivity index (χ2v) is 25.6. The number of thiol groups is 1. The van der Waals surface area contributed by atoms with Crippen molar-refractivity contribution in [1.29, 1.82) is 0 Å². The minimum atomic E-state index is -0.0144. The summed E-state index contributed by atoms with van der Waals surface area (Å²) in [5, 5.41) is 3.15. The van der Waals surface area contributed by atoms with E-state index in [0.717, 1.165) is 30.6 Å². The fraction of sp³-hybridized carbons (Fsp3) is 0.473. The standard InChI is InChI=1S/C55H69NOS8/c1-5-9-13-17-21-38-25-29-45(59-38)42-35-49(63-52(42)47-31-27-40(61-47)23-19-15-11-7-3)44-37-51(55(57)56-33-34-58)65-54(44)50-36-43(46-30-26-39(60-46)22-18-14-10-6-2)53(64-50)48-32-28-41(62-48)24-20-16-12-8-4/h25-32,35-37,58H,5-24,33-34H2,1-4H3,(H,56,57). The summed E-state index contributed by atoms with van der Waals surface area (Å²) >= 11 is 17.8. The van der Waals surface area contributed by atoms with Gasteiger partial charge in [0.2, 0.25) is 0 Å². The molecule has 2 nitrogen and oxygen atoms in total. The molecule has 0 saturated heterocycles. The van der Waals surface area contributed by atoms with E-state index in [9.17, 15) is 4.79 Å². The molecule has 7 heterocycles. The van der Waals surface area contributed by atoms with E-state index in [2.05, 4.69) is 112 Å². The van der Waals surface area contributed by atoms with Gasteiger partial charge in [-0.3, -0.25) is 4.79 Å². The Labute approximate surface area is 424 Å². The summed E-state index contributed by atoms with van der Waals surface area (Å²) in [6.45, 7) is 9.70. The lowest BCUT2D eigenvalue weighted by Gasteiger charge is -2.00. The fourth-order valence-electron chi connectivity index (χ4n) is 8.37. The SMILES string of the molecule is CCCCCCc1ccc(-c2cc(-c3cc(C(=O)NCCS)sc3-c3cc(-c4ccc(CCCCCC)s4)c(-c4ccc(CCCCCC)s4)s3)sc2-c2ccc(CCCCCC)s2)s1. The van der Waals surface area contributed by atoms with Crippen LogP contribution < -0.4 is 5.32 Å². The first kappa shape index (κ1) is 50.6. The van der Waals surface area contributed by atoms with Gasteiger partial charge in [0.25, 0.3) is 5.91 Å². The number of hydrogen-bond donors (Lipinski definition) is 2. The number of nitrogens with one attached hydrogen (secondary N) is 1. The Kier molecular flexibility index (Phi) is 20.6. The summed E-state index contributed by atoms with van der Waals surface area (Å²) in [5.41, 5.74) is 3.83. The molecule has 0 fully saturated rings. The first-order chi connectivity index (χ1) is 31.9. The molecule has 348 valence electrons. The summed E-state index contributed by atoms with van der Waals surface area (Å²) in [4.78, 5) is 32.3. The zero-order valence-electron chi connectivity index (χ0n) is 39.1. The molecule has 0 saturated carbocycles. The Bertz CT molecular complexity index is 2200. The summed E-state index contributed by atoms with van der Waals surface area (Å²) in [6, 6.07) is 26.1. The highest BCUT2D eigenvalue weighted by atomic mass is 32.1. The summed E-state index contributed by atoms with van der Waals surface area (Å²) in [6.07, 6.45) is 25.1. The van der Waals surface area contributed by atoms with E-state index >= 15 is 0 Å². The first-order valence-corrected chi connectivity index (χ1v) is 30.9. The van der Waals surface area contributed by atoms with Gasteiger partial charge >= 0.3 is 0 Å². The maximum absolute atomic E-state index is 13.9. The van der Waals surface area contributed by atoms with Crippen LogP contribution in [0.3, 0.4) is 0 Å². The van der Waals surface area contributed by atoms with Crippen LogP contribution in [0, 0.1) is 0 Å². The van der Waals surface area contributed by atoms with Crippen LogP contribution in [0.1, 0.15) is 160 Å². The van der Waals surface area contributed by atoms with Crippen molar-refractivity contribution in [2.24, 2.45) is 0 Å². The fourth-order valence-corrected chi connectivity index (χ4v) is 16.7. The van der Waals surface area contributed by atoms with Gasteiger partial charge in [0.15, 0.2) is 0 Å². The highest BCUT2D eigenvalue weighted by Gasteiger charge is 2.26. The number of hydrogen-bond acceptors (Lipinski definition) is 9. The molecule has 0 bridgehead atoms. The van der Waals surface area contributed by atoms with E-state index in [1.165, 1.54) is 183 Å². The molecule has 0 atom stereocenters. The van der Waals surface area contributed by atoms with Crippen LogP contribution in [0.4, 0.5) is 0 Å². The Hall–Kier alpha value is -2.28. The van der Waals surface area contributed by atoms with Crippen LogP contribution in [0.15, 0.2) is 66.7 Å². The molecule has 0 unspecified atom stereocenters. The van der Waals surface area contributed by atoms with Crippen molar-refractivity contribution in [3.8, 4) is 60.6 Å². The van der Waals surface area contributed by atoms with Gasteiger partial charge in [0, 0.05) is 77.8 Å². The zero-order chi connectivity index (χ0) is 45.4. The van der Waals surface area contributed by atoms with Gasteiger partial charge in [-0.1, -0.05) is 105 Å². The van der Waals surface area contributed by atoms with Crippen LogP contribution in [0.2, 0.25) is 0 Å². The van der Waals surface area contributed by atoms with Crippen LogP contribution in [-0.2, 0) is 25.7 Å². The Morgan fingerprint density at radius 1 is 0.415 bits per heavy atom. The number of thiophene rings is 7. The average Bonchev–Trinajstić information content (AvgIpc) is 4.17. The number of unbranched alkanes of at least 4 members (excludes halogenated alkanes) is 12. The predicted molar refractivity (Wildman–Crippen MR) is 302 cm³/mol. The molecule has 0 aliphatic heterocycles. The van der Waals surface area contributed by atoms with Crippen molar-refractivity contribution in [3.05, 3.63) is 91.1 Å². The second-order valence-electron chi connectivity index (χ2n) is 17.3. The number of amides is 1. The summed E-state index contributed by atoms with van der Waals surface area (Å²) in [7, 11) is 0. The number of carbonyl (C=O) groups is 1. The third-order valence-electron chi connectivity index (χ3n) is 12.0. The molecular formula is C55H69NOS8. The molecule has 0 aromatic carbocycles. The monoisotopic (exact) mass is 1020 g/mol.